The molecule has 96 valence electrons. The van der Waals surface area contributed by atoms with E-state index in [4.69, 9.17) is 5.26 Å². The monoisotopic (exact) mass is 252 g/mol. The molecular weight excluding hydrogens is 236 g/mol. The van der Waals surface area contributed by atoms with E-state index in [1.165, 1.54) is 0 Å². The van der Waals surface area contributed by atoms with Gasteiger partial charge in [0.05, 0.1) is 6.07 Å². The SMILES string of the molecule is CC.N#CC(C(=O)c1ccncc1)c1ccccc1. The summed E-state index contributed by atoms with van der Waals surface area (Å²) in [6.45, 7) is 4.00. The van der Waals surface area contributed by atoms with E-state index in [9.17, 15) is 4.79 Å². The van der Waals surface area contributed by atoms with Crippen LogP contribution in [0.25, 0.3) is 0 Å². The molecule has 3 heteroatoms. The number of benzene rings is 1. The number of hydrogen-bond donors (Lipinski definition) is 0. The van der Waals surface area contributed by atoms with Gasteiger partial charge in [0.1, 0.15) is 5.92 Å². The van der Waals surface area contributed by atoms with E-state index in [0.29, 0.717) is 5.56 Å². The highest BCUT2D eigenvalue weighted by Crippen LogP contribution is 2.19. The van der Waals surface area contributed by atoms with E-state index in [0.717, 1.165) is 5.56 Å². The number of rotatable bonds is 3. The maximum atomic E-state index is 12.1. The van der Waals surface area contributed by atoms with Gasteiger partial charge in [-0.3, -0.25) is 9.78 Å². The van der Waals surface area contributed by atoms with Crippen LogP contribution in [0.2, 0.25) is 0 Å². The summed E-state index contributed by atoms with van der Waals surface area (Å²) in [5, 5.41) is 9.12. The first-order valence-corrected chi connectivity index (χ1v) is 6.21. The average Bonchev–Trinajstić information content (AvgIpc) is 2.52. The highest BCUT2D eigenvalue weighted by atomic mass is 16.1. The van der Waals surface area contributed by atoms with Crippen molar-refractivity contribution < 1.29 is 4.79 Å². The van der Waals surface area contributed by atoms with Crippen molar-refractivity contribution in [1.82, 2.24) is 4.98 Å². The Bertz CT molecular complexity index is 544. The molecule has 2 aromatic rings. The van der Waals surface area contributed by atoms with E-state index in [1.807, 2.05) is 38.1 Å². The van der Waals surface area contributed by atoms with Crippen molar-refractivity contribution in [2.45, 2.75) is 19.8 Å². The van der Waals surface area contributed by atoms with Gasteiger partial charge < -0.3 is 0 Å². The van der Waals surface area contributed by atoms with Crippen molar-refractivity contribution in [3.8, 4) is 6.07 Å². The van der Waals surface area contributed by atoms with Gasteiger partial charge in [-0.15, -0.1) is 0 Å². The molecule has 0 aliphatic heterocycles. The number of hydrogen-bond acceptors (Lipinski definition) is 3. The smallest absolute Gasteiger partial charge is 0.184 e. The number of pyridine rings is 1. The van der Waals surface area contributed by atoms with Crippen LogP contribution in [-0.2, 0) is 0 Å². The molecule has 3 nitrogen and oxygen atoms in total. The molecule has 0 radical (unpaired) electrons. The Balaban J connectivity index is 0.000000861. The van der Waals surface area contributed by atoms with Crippen molar-refractivity contribution in [2.24, 2.45) is 0 Å². The Morgan fingerprint density at radius 2 is 1.68 bits per heavy atom. The van der Waals surface area contributed by atoms with Crippen molar-refractivity contribution in [3.63, 3.8) is 0 Å². The predicted molar refractivity (Wildman–Crippen MR) is 74.7 cm³/mol. The van der Waals surface area contributed by atoms with Gasteiger partial charge in [-0.25, -0.2) is 0 Å². The van der Waals surface area contributed by atoms with Crippen LogP contribution in [0, 0.1) is 11.3 Å². The third-order valence-corrected chi connectivity index (χ3v) is 2.49. The summed E-state index contributed by atoms with van der Waals surface area (Å²) in [5.74, 6) is -0.945. The highest BCUT2D eigenvalue weighted by molar-refractivity contribution is 6.02. The molecule has 0 aliphatic rings. The third-order valence-electron chi connectivity index (χ3n) is 2.49. The minimum Gasteiger partial charge on any atom is -0.292 e. The summed E-state index contributed by atoms with van der Waals surface area (Å²) in [6, 6.07) is 14.4. The van der Waals surface area contributed by atoms with Gasteiger partial charge in [0.25, 0.3) is 0 Å². The summed E-state index contributed by atoms with van der Waals surface area (Å²) in [5.41, 5.74) is 1.23. The first kappa shape index (κ1) is 14.6. The zero-order chi connectivity index (χ0) is 14.1. The van der Waals surface area contributed by atoms with Crippen LogP contribution < -0.4 is 0 Å². The molecule has 1 atom stereocenters. The Morgan fingerprint density at radius 1 is 1.11 bits per heavy atom. The van der Waals surface area contributed by atoms with Crippen LogP contribution in [0.4, 0.5) is 0 Å². The van der Waals surface area contributed by atoms with E-state index in [-0.39, 0.29) is 5.78 Å². The zero-order valence-corrected chi connectivity index (χ0v) is 11.1. The van der Waals surface area contributed by atoms with Crippen LogP contribution in [0.1, 0.15) is 35.7 Å². The van der Waals surface area contributed by atoms with E-state index >= 15 is 0 Å². The number of nitrogens with zero attached hydrogens (tertiary/aromatic N) is 2. The van der Waals surface area contributed by atoms with Gasteiger partial charge in [0.2, 0.25) is 0 Å². The molecule has 0 spiro atoms. The second kappa shape index (κ2) is 7.78. The van der Waals surface area contributed by atoms with Gasteiger partial charge in [0, 0.05) is 18.0 Å². The van der Waals surface area contributed by atoms with Crippen LogP contribution in [-0.4, -0.2) is 10.8 Å². The third kappa shape index (κ3) is 3.75. The fraction of sp³-hybridized carbons (Fsp3) is 0.188. The molecule has 0 amide bonds. The van der Waals surface area contributed by atoms with Crippen molar-refractivity contribution in [2.75, 3.05) is 0 Å². The minimum atomic E-state index is -0.751. The molecule has 1 aromatic carbocycles. The lowest BCUT2D eigenvalue weighted by molar-refractivity contribution is 0.0979. The van der Waals surface area contributed by atoms with Gasteiger partial charge in [0.15, 0.2) is 5.78 Å². The van der Waals surface area contributed by atoms with Crippen molar-refractivity contribution in [1.29, 1.82) is 5.26 Å². The molecule has 0 fully saturated rings. The standard InChI is InChI=1S/C14H10N2O.C2H6/c15-10-13(11-4-2-1-3-5-11)14(17)12-6-8-16-9-7-12;1-2/h1-9,13H;1-2H3. The van der Waals surface area contributed by atoms with Crippen LogP contribution >= 0.6 is 0 Å². The van der Waals surface area contributed by atoms with Crippen LogP contribution in [0.15, 0.2) is 54.9 Å². The van der Waals surface area contributed by atoms with Gasteiger partial charge >= 0.3 is 0 Å². The lowest BCUT2D eigenvalue weighted by Gasteiger charge is -2.07. The van der Waals surface area contributed by atoms with E-state index < -0.39 is 5.92 Å². The number of Topliss-reactive ketones (excluding diaryl/α,β-unsaturated/α-hetero) is 1. The summed E-state index contributed by atoms with van der Waals surface area (Å²) in [6.07, 6.45) is 3.10. The molecule has 1 unspecified atom stereocenters. The number of carbonyl (C=O) groups is 1. The average molecular weight is 252 g/mol. The lowest BCUT2D eigenvalue weighted by Crippen LogP contribution is -2.11. The Morgan fingerprint density at radius 3 is 2.21 bits per heavy atom. The Labute approximate surface area is 113 Å². The molecule has 0 aliphatic carbocycles. The fourth-order valence-corrected chi connectivity index (χ4v) is 1.61. The maximum Gasteiger partial charge on any atom is 0.184 e. The van der Waals surface area contributed by atoms with Crippen molar-refractivity contribution >= 4 is 5.78 Å². The van der Waals surface area contributed by atoms with E-state index in [2.05, 4.69) is 4.98 Å². The lowest BCUT2D eigenvalue weighted by atomic mass is 9.92. The number of ketones is 1. The second-order valence-electron chi connectivity index (χ2n) is 3.57. The zero-order valence-electron chi connectivity index (χ0n) is 11.1. The van der Waals surface area contributed by atoms with Gasteiger partial charge in [-0.05, 0) is 17.7 Å². The fourth-order valence-electron chi connectivity index (χ4n) is 1.61. The molecule has 0 saturated heterocycles. The van der Waals surface area contributed by atoms with Crippen LogP contribution in [0.3, 0.4) is 0 Å². The number of aromatic nitrogens is 1. The highest BCUT2D eigenvalue weighted by Gasteiger charge is 2.21. The summed E-state index contributed by atoms with van der Waals surface area (Å²) < 4.78 is 0. The van der Waals surface area contributed by atoms with Crippen LogP contribution in [0.5, 0.6) is 0 Å². The molecular formula is C16H16N2O. The Kier molecular flexibility index (Phi) is 5.97. The predicted octanol–water partition coefficient (Wildman–Crippen LogP) is 3.60. The second-order valence-corrected chi connectivity index (χ2v) is 3.57. The largest absolute Gasteiger partial charge is 0.292 e. The first-order chi connectivity index (χ1) is 9.33. The maximum absolute atomic E-state index is 12.1. The molecule has 0 bridgehead atoms. The molecule has 19 heavy (non-hydrogen) atoms. The molecule has 1 aromatic heterocycles. The topological polar surface area (TPSA) is 53.8 Å². The summed E-state index contributed by atoms with van der Waals surface area (Å²) in [4.78, 5) is 16.0. The number of carbonyl (C=O) groups excluding carboxylic acids is 1. The summed E-state index contributed by atoms with van der Waals surface area (Å²) in [7, 11) is 0. The Hall–Kier alpha value is -2.47. The van der Waals surface area contributed by atoms with Gasteiger partial charge in [-0.2, -0.15) is 5.26 Å². The quantitative estimate of drug-likeness (QED) is 0.784. The molecule has 0 N–H and O–H groups in total. The molecule has 1 heterocycles. The summed E-state index contributed by atoms with van der Waals surface area (Å²) >= 11 is 0. The van der Waals surface area contributed by atoms with Gasteiger partial charge in [-0.1, -0.05) is 44.2 Å². The minimum absolute atomic E-state index is 0.193. The first-order valence-electron chi connectivity index (χ1n) is 6.21. The molecule has 0 saturated carbocycles. The normalized spacial score (nSPS) is 10.6. The van der Waals surface area contributed by atoms with Crippen molar-refractivity contribution in [3.05, 3.63) is 66.0 Å². The molecule has 2 rings (SSSR count). The van der Waals surface area contributed by atoms with E-state index in [1.54, 1.807) is 36.7 Å². The number of nitriles is 1.